The molecule has 1 aliphatic heterocycles. The van der Waals surface area contributed by atoms with Gasteiger partial charge < -0.3 is 9.64 Å². The number of rotatable bonds is 4. The van der Waals surface area contributed by atoms with Crippen LogP contribution in [0.25, 0.3) is 0 Å². The van der Waals surface area contributed by atoms with Crippen molar-refractivity contribution in [3.63, 3.8) is 0 Å². The fraction of sp³-hybridized carbons (Fsp3) is 0.471. The van der Waals surface area contributed by atoms with Crippen LogP contribution >= 0.6 is 0 Å². The van der Waals surface area contributed by atoms with Crippen molar-refractivity contribution in [3.05, 3.63) is 42.1 Å². The molecule has 0 aliphatic carbocycles. The van der Waals surface area contributed by atoms with E-state index < -0.39 is 0 Å². The molecule has 0 bridgehead atoms. The molecule has 0 aromatic carbocycles. The number of piperidine rings is 1. The number of aryl methyl sites for hydroxylation is 2. The quantitative estimate of drug-likeness (QED) is 0.868. The molecular formula is C17H22N4O. The Hall–Kier alpha value is -2.17. The van der Waals surface area contributed by atoms with Gasteiger partial charge in [0.25, 0.3) is 0 Å². The second-order valence-electron chi connectivity index (χ2n) is 5.85. The third kappa shape index (κ3) is 3.35. The first-order chi connectivity index (χ1) is 10.7. The number of ether oxygens (including phenoxy) is 1. The average Bonchev–Trinajstić information content (AvgIpc) is 2.55. The largest absolute Gasteiger partial charge is 0.493 e. The maximum absolute atomic E-state index is 5.95. The predicted octanol–water partition coefficient (Wildman–Crippen LogP) is 2.78. The monoisotopic (exact) mass is 298 g/mol. The molecule has 5 heteroatoms. The maximum Gasteiger partial charge on any atom is 0.150 e. The molecule has 2 aromatic heterocycles. The van der Waals surface area contributed by atoms with Gasteiger partial charge in [0.05, 0.1) is 12.3 Å². The molecule has 22 heavy (non-hydrogen) atoms. The van der Waals surface area contributed by atoms with E-state index >= 15 is 0 Å². The summed E-state index contributed by atoms with van der Waals surface area (Å²) in [5.74, 6) is 2.56. The van der Waals surface area contributed by atoms with Gasteiger partial charge in [-0.15, -0.1) is 0 Å². The minimum Gasteiger partial charge on any atom is -0.493 e. The number of hydrogen-bond acceptors (Lipinski definition) is 5. The molecule has 0 unspecified atom stereocenters. The summed E-state index contributed by atoms with van der Waals surface area (Å²) in [7, 11) is 0. The minimum atomic E-state index is 0.598. The summed E-state index contributed by atoms with van der Waals surface area (Å²) in [4.78, 5) is 15.2. The van der Waals surface area contributed by atoms with Crippen LogP contribution in [0, 0.1) is 19.8 Å². The molecule has 0 amide bonds. The Morgan fingerprint density at radius 3 is 2.64 bits per heavy atom. The van der Waals surface area contributed by atoms with Crippen LogP contribution in [-0.4, -0.2) is 34.6 Å². The van der Waals surface area contributed by atoms with Gasteiger partial charge in [0.2, 0.25) is 0 Å². The van der Waals surface area contributed by atoms with E-state index in [1.807, 2.05) is 26.1 Å². The van der Waals surface area contributed by atoms with Gasteiger partial charge in [-0.25, -0.2) is 4.98 Å². The summed E-state index contributed by atoms with van der Waals surface area (Å²) in [6.45, 7) is 6.86. The van der Waals surface area contributed by atoms with Gasteiger partial charge in [0.1, 0.15) is 11.6 Å². The summed E-state index contributed by atoms with van der Waals surface area (Å²) in [5.41, 5.74) is 2.10. The first-order valence-corrected chi connectivity index (χ1v) is 7.80. The topological polar surface area (TPSA) is 51.1 Å². The molecule has 3 rings (SSSR count). The van der Waals surface area contributed by atoms with Gasteiger partial charge in [-0.3, -0.25) is 9.97 Å². The molecule has 0 saturated carbocycles. The van der Waals surface area contributed by atoms with Gasteiger partial charge in [-0.05, 0) is 38.7 Å². The highest BCUT2D eigenvalue weighted by atomic mass is 16.5. The van der Waals surface area contributed by atoms with Crippen LogP contribution < -0.4 is 9.64 Å². The Bertz CT molecular complexity index is 624. The van der Waals surface area contributed by atoms with Gasteiger partial charge in [0.15, 0.2) is 0 Å². The molecule has 1 aliphatic rings. The molecule has 5 nitrogen and oxygen atoms in total. The number of hydrogen-bond donors (Lipinski definition) is 0. The summed E-state index contributed by atoms with van der Waals surface area (Å²) < 4.78 is 5.95. The van der Waals surface area contributed by atoms with Crippen LogP contribution in [0.4, 0.5) is 5.82 Å². The van der Waals surface area contributed by atoms with Crippen molar-refractivity contribution >= 4 is 5.82 Å². The Kier molecular flexibility index (Phi) is 4.51. The highest BCUT2D eigenvalue weighted by Gasteiger charge is 2.22. The zero-order valence-electron chi connectivity index (χ0n) is 13.2. The third-order valence-corrected chi connectivity index (χ3v) is 4.21. The van der Waals surface area contributed by atoms with E-state index in [9.17, 15) is 0 Å². The lowest BCUT2D eigenvalue weighted by Gasteiger charge is -2.33. The van der Waals surface area contributed by atoms with Crippen molar-refractivity contribution in [2.45, 2.75) is 26.7 Å². The van der Waals surface area contributed by atoms with Crippen molar-refractivity contribution < 1.29 is 4.74 Å². The molecular weight excluding hydrogens is 276 g/mol. The van der Waals surface area contributed by atoms with Crippen LogP contribution in [-0.2, 0) is 0 Å². The molecule has 1 fully saturated rings. The molecule has 1 saturated heterocycles. The van der Waals surface area contributed by atoms with Crippen LogP contribution in [0.2, 0.25) is 0 Å². The second kappa shape index (κ2) is 6.73. The second-order valence-corrected chi connectivity index (χ2v) is 5.85. The lowest BCUT2D eigenvalue weighted by molar-refractivity contribution is 0.221. The van der Waals surface area contributed by atoms with E-state index in [1.54, 1.807) is 18.6 Å². The molecule has 0 radical (unpaired) electrons. The molecule has 0 spiro atoms. The van der Waals surface area contributed by atoms with E-state index in [0.717, 1.165) is 55.4 Å². The number of aromatic nitrogens is 3. The molecule has 2 aromatic rings. The van der Waals surface area contributed by atoms with Crippen LogP contribution in [0.3, 0.4) is 0 Å². The van der Waals surface area contributed by atoms with Crippen molar-refractivity contribution in [1.82, 2.24) is 15.0 Å². The lowest BCUT2D eigenvalue weighted by Crippen LogP contribution is -2.36. The minimum absolute atomic E-state index is 0.598. The standard InChI is InChI=1S/C17H22N4O/c1-13-11-18-6-3-16(13)22-12-15-4-9-21(10-5-15)17-14(2)19-7-8-20-17/h3,6-8,11,15H,4-5,9-10,12H2,1-2H3. The smallest absolute Gasteiger partial charge is 0.150 e. The van der Waals surface area contributed by atoms with Crippen molar-refractivity contribution in [1.29, 1.82) is 0 Å². The zero-order chi connectivity index (χ0) is 15.4. The Morgan fingerprint density at radius 1 is 1.14 bits per heavy atom. The van der Waals surface area contributed by atoms with Crippen LogP contribution in [0.15, 0.2) is 30.9 Å². The van der Waals surface area contributed by atoms with Crippen molar-refractivity contribution in [2.75, 3.05) is 24.6 Å². The average molecular weight is 298 g/mol. The Morgan fingerprint density at radius 2 is 1.91 bits per heavy atom. The van der Waals surface area contributed by atoms with Crippen molar-refractivity contribution in [3.8, 4) is 5.75 Å². The zero-order valence-corrected chi connectivity index (χ0v) is 13.2. The fourth-order valence-electron chi connectivity index (χ4n) is 2.85. The van der Waals surface area contributed by atoms with Gasteiger partial charge in [0, 0.05) is 43.4 Å². The van der Waals surface area contributed by atoms with Crippen LogP contribution in [0.1, 0.15) is 24.1 Å². The predicted molar refractivity (Wildman–Crippen MR) is 86.2 cm³/mol. The summed E-state index contributed by atoms with van der Waals surface area (Å²) >= 11 is 0. The van der Waals surface area contributed by atoms with Gasteiger partial charge in [-0.2, -0.15) is 0 Å². The normalized spacial score (nSPS) is 15.8. The highest BCUT2D eigenvalue weighted by Crippen LogP contribution is 2.24. The lowest BCUT2D eigenvalue weighted by atomic mass is 9.97. The summed E-state index contributed by atoms with van der Waals surface area (Å²) in [5, 5.41) is 0. The highest BCUT2D eigenvalue weighted by molar-refractivity contribution is 5.42. The maximum atomic E-state index is 5.95. The summed E-state index contributed by atoms with van der Waals surface area (Å²) in [6, 6.07) is 1.94. The molecule has 116 valence electrons. The third-order valence-electron chi connectivity index (χ3n) is 4.21. The SMILES string of the molecule is Cc1cnccc1OCC1CCN(c2nccnc2C)CC1. The van der Waals surface area contributed by atoms with E-state index in [1.165, 1.54) is 0 Å². The van der Waals surface area contributed by atoms with Gasteiger partial charge in [-0.1, -0.05) is 0 Å². The van der Waals surface area contributed by atoms with Crippen LogP contribution in [0.5, 0.6) is 5.75 Å². The van der Waals surface area contributed by atoms with Gasteiger partial charge >= 0.3 is 0 Å². The Balaban J connectivity index is 1.52. The summed E-state index contributed by atoms with van der Waals surface area (Å²) in [6.07, 6.45) is 9.39. The number of pyridine rings is 1. The molecule has 3 heterocycles. The van der Waals surface area contributed by atoms with E-state index in [0.29, 0.717) is 5.92 Å². The number of anilines is 1. The first-order valence-electron chi connectivity index (χ1n) is 7.80. The van der Waals surface area contributed by atoms with E-state index in [-0.39, 0.29) is 0 Å². The first kappa shape index (κ1) is 14.8. The van der Waals surface area contributed by atoms with E-state index in [2.05, 4.69) is 19.9 Å². The Labute approximate surface area is 131 Å². The van der Waals surface area contributed by atoms with E-state index in [4.69, 9.17) is 4.74 Å². The molecule has 0 atom stereocenters. The van der Waals surface area contributed by atoms with Crippen molar-refractivity contribution in [2.24, 2.45) is 5.92 Å². The number of nitrogens with zero attached hydrogens (tertiary/aromatic N) is 4. The fourth-order valence-corrected chi connectivity index (χ4v) is 2.85. The molecule has 0 N–H and O–H groups in total.